The molecule has 3 unspecified atom stereocenters. The van der Waals surface area contributed by atoms with E-state index in [0.717, 1.165) is 0 Å². The zero-order chi connectivity index (χ0) is 10.6. The van der Waals surface area contributed by atoms with Crippen LogP contribution >= 0.6 is 0 Å². The highest BCUT2D eigenvalue weighted by atomic mass is 19.2. The van der Waals surface area contributed by atoms with Crippen molar-refractivity contribution in [2.75, 3.05) is 6.61 Å². The Labute approximate surface area is 78.1 Å². The Bertz CT molecular complexity index is 255. The zero-order valence-electron chi connectivity index (χ0n) is 6.98. The van der Waals surface area contributed by atoms with Crippen molar-refractivity contribution in [3.05, 3.63) is 0 Å². The number of nitrogens with zero attached hydrogens (tertiary/aromatic N) is 1. The van der Waals surface area contributed by atoms with Crippen LogP contribution in [0.1, 0.15) is 6.42 Å². The Morgan fingerprint density at radius 1 is 1.64 bits per heavy atom. The first-order valence-corrected chi connectivity index (χ1v) is 3.79. The van der Waals surface area contributed by atoms with Crippen molar-refractivity contribution < 1.29 is 27.8 Å². The molecule has 0 N–H and O–H groups in total. The van der Waals surface area contributed by atoms with E-state index in [0.29, 0.717) is 0 Å². The van der Waals surface area contributed by atoms with E-state index in [1.807, 2.05) is 0 Å². The highest BCUT2D eigenvalue weighted by Gasteiger charge is 2.43. The molecule has 0 spiro atoms. The van der Waals surface area contributed by atoms with E-state index >= 15 is 0 Å². The third-order valence-electron chi connectivity index (χ3n) is 1.45. The number of halogens is 2. The summed E-state index contributed by atoms with van der Waals surface area (Å²) < 4.78 is 38.0. The van der Waals surface area contributed by atoms with Gasteiger partial charge in [-0.3, -0.25) is 0 Å². The summed E-state index contributed by atoms with van der Waals surface area (Å²) in [4.78, 5) is 10.3. The van der Waals surface area contributed by atoms with Gasteiger partial charge >= 0.3 is 6.16 Å². The van der Waals surface area contributed by atoms with Gasteiger partial charge < -0.3 is 14.2 Å². The topological polar surface area (TPSA) is 68.5 Å². The van der Waals surface area contributed by atoms with Crippen LogP contribution in [-0.4, -0.2) is 31.6 Å². The van der Waals surface area contributed by atoms with Gasteiger partial charge in [-0.1, -0.05) is 0 Å². The fraction of sp³-hybridized carbons (Fsp3) is 0.714. The summed E-state index contributed by atoms with van der Waals surface area (Å²) in [6.45, 7) is -0.196. The number of rotatable bonds is 4. The summed E-state index contributed by atoms with van der Waals surface area (Å²) in [5.74, 6) is 0. The van der Waals surface area contributed by atoms with Gasteiger partial charge in [-0.2, -0.15) is 9.65 Å². The summed E-state index contributed by atoms with van der Waals surface area (Å²) in [6.07, 6.45) is -7.29. The first kappa shape index (κ1) is 10.7. The van der Waals surface area contributed by atoms with E-state index < -0.39 is 25.0 Å². The summed E-state index contributed by atoms with van der Waals surface area (Å²) in [6, 6.07) is 1.71. The number of nitriles is 1. The maximum atomic E-state index is 12.9. The van der Waals surface area contributed by atoms with E-state index in [1.54, 1.807) is 6.07 Å². The maximum absolute atomic E-state index is 12.9. The van der Waals surface area contributed by atoms with Gasteiger partial charge in [0.2, 0.25) is 12.5 Å². The molecule has 1 rings (SSSR count). The number of hydrogen-bond donors (Lipinski definition) is 0. The Balaban J connectivity index is 2.33. The fourth-order valence-corrected chi connectivity index (χ4v) is 0.836. The van der Waals surface area contributed by atoms with E-state index in [-0.39, 0.29) is 13.0 Å². The molecule has 3 atom stereocenters. The minimum absolute atomic E-state index is 0.0289. The highest BCUT2D eigenvalue weighted by Crippen LogP contribution is 2.21. The van der Waals surface area contributed by atoms with E-state index in [4.69, 9.17) is 5.26 Å². The Morgan fingerprint density at radius 3 is 2.86 bits per heavy atom. The molecule has 0 aliphatic carbocycles. The second-order valence-corrected chi connectivity index (χ2v) is 2.43. The molecule has 0 aromatic heterocycles. The lowest BCUT2D eigenvalue weighted by molar-refractivity contribution is -0.130. The summed E-state index contributed by atoms with van der Waals surface area (Å²) in [5.41, 5.74) is 0. The average Bonchev–Trinajstić information content (AvgIpc) is 2.45. The molecule has 1 aliphatic heterocycles. The first-order chi connectivity index (χ1) is 6.65. The molecule has 0 radical (unpaired) electrons. The molecular weight excluding hydrogens is 200 g/mol. The van der Waals surface area contributed by atoms with Gasteiger partial charge in [0.05, 0.1) is 19.1 Å². The predicted octanol–water partition coefficient (Wildman–Crippen LogP) is 1.04. The Morgan fingerprint density at radius 2 is 2.36 bits per heavy atom. The van der Waals surface area contributed by atoms with E-state index in [2.05, 4.69) is 14.2 Å². The molecule has 0 bridgehead atoms. The van der Waals surface area contributed by atoms with Crippen molar-refractivity contribution in [1.82, 2.24) is 0 Å². The second kappa shape index (κ2) is 4.72. The highest BCUT2D eigenvalue weighted by molar-refractivity contribution is 5.62. The lowest BCUT2D eigenvalue weighted by atomic mass is 10.3. The van der Waals surface area contributed by atoms with E-state index in [9.17, 15) is 13.6 Å². The van der Waals surface area contributed by atoms with Crippen LogP contribution in [0, 0.1) is 11.3 Å². The van der Waals surface area contributed by atoms with Crippen molar-refractivity contribution in [3.8, 4) is 6.07 Å². The van der Waals surface area contributed by atoms with Crippen molar-refractivity contribution in [2.24, 2.45) is 0 Å². The van der Waals surface area contributed by atoms with Crippen molar-refractivity contribution in [2.45, 2.75) is 25.2 Å². The molecule has 7 heteroatoms. The quantitative estimate of drug-likeness (QED) is 0.509. The summed E-state index contributed by atoms with van der Waals surface area (Å²) >= 11 is 0. The molecule has 1 fully saturated rings. The van der Waals surface area contributed by atoms with Crippen LogP contribution in [0.25, 0.3) is 0 Å². The summed E-state index contributed by atoms with van der Waals surface area (Å²) in [5, 5.41) is 8.10. The zero-order valence-corrected chi connectivity index (χ0v) is 6.98. The molecule has 0 aromatic carbocycles. The van der Waals surface area contributed by atoms with Gasteiger partial charge in [0.25, 0.3) is 6.36 Å². The van der Waals surface area contributed by atoms with Crippen molar-refractivity contribution in [1.29, 1.82) is 5.26 Å². The van der Waals surface area contributed by atoms with Gasteiger partial charge in [-0.15, -0.1) is 0 Å². The van der Waals surface area contributed by atoms with Crippen LogP contribution in [0.15, 0.2) is 0 Å². The van der Waals surface area contributed by atoms with Crippen LogP contribution in [0.4, 0.5) is 13.6 Å². The van der Waals surface area contributed by atoms with E-state index in [1.165, 1.54) is 0 Å². The van der Waals surface area contributed by atoms with Crippen LogP contribution in [0.5, 0.6) is 0 Å². The SMILES string of the molecule is N#CCCOC(F)C1OC(=O)OC1F. The fourth-order valence-electron chi connectivity index (χ4n) is 0.836. The number of hydrogen-bond acceptors (Lipinski definition) is 5. The van der Waals surface area contributed by atoms with Gasteiger partial charge in [0, 0.05) is 0 Å². The molecule has 14 heavy (non-hydrogen) atoms. The average molecular weight is 207 g/mol. The molecule has 0 aromatic rings. The first-order valence-electron chi connectivity index (χ1n) is 3.79. The molecule has 5 nitrogen and oxygen atoms in total. The van der Waals surface area contributed by atoms with Crippen LogP contribution < -0.4 is 0 Å². The number of alkyl halides is 2. The minimum Gasteiger partial charge on any atom is -0.418 e. The van der Waals surface area contributed by atoms with Gasteiger partial charge in [-0.25, -0.2) is 9.18 Å². The van der Waals surface area contributed by atoms with Crippen LogP contribution in [-0.2, 0) is 14.2 Å². The molecule has 1 saturated heterocycles. The van der Waals surface area contributed by atoms with Crippen LogP contribution in [0.3, 0.4) is 0 Å². The van der Waals surface area contributed by atoms with Crippen molar-refractivity contribution in [3.63, 3.8) is 0 Å². The number of cyclic esters (lactones) is 2. The predicted molar refractivity (Wildman–Crippen MR) is 37.3 cm³/mol. The standard InChI is InChI=1S/C7H7F2NO4/c8-5(12-3-1-2-10)4-6(9)14-7(11)13-4/h4-6H,1,3H2. The Kier molecular flexibility index (Phi) is 3.59. The molecule has 78 valence electrons. The molecule has 1 heterocycles. The van der Waals surface area contributed by atoms with Crippen LogP contribution in [0.2, 0.25) is 0 Å². The number of carbonyl (C=O) groups excluding carboxylic acids is 1. The smallest absolute Gasteiger partial charge is 0.418 e. The lowest BCUT2D eigenvalue weighted by Crippen LogP contribution is -2.31. The molecular formula is C7H7F2NO4. The largest absolute Gasteiger partial charge is 0.511 e. The molecule has 1 aliphatic rings. The second-order valence-electron chi connectivity index (χ2n) is 2.43. The minimum atomic E-state index is -2.17. The number of carbonyl (C=O) groups is 1. The number of ether oxygens (including phenoxy) is 3. The van der Waals surface area contributed by atoms with Gasteiger partial charge in [0.1, 0.15) is 0 Å². The molecule has 0 saturated carbocycles. The van der Waals surface area contributed by atoms with Gasteiger partial charge in [-0.05, 0) is 0 Å². The molecule has 0 amide bonds. The maximum Gasteiger partial charge on any atom is 0.511 e. The normalized spacial score (nSPS) is 27.6. The third-order valence-corrected chi connectivity index (χ3v) is 1.45. The lowest BCUT2D eigenvalue weighted by Gasteiger charge is -2.13. The summed E-state index contributed by atoms with van der Waals surface area (Å²) in [7, 11) is 0. The van der Waals surface area contributed by atoms with Crippen molar-refractivity contribution >= 4 is 6.16 Å². The monoisotopic (exact) mass is 207 g/mol. The Hall–Kier alpha value is -1.42. The van der Waals surface area contributed by atoms with Gasteiger partial charge in [0.15, 0.2) is 0 Å². The third kappa shape index (κ3) is 2.53.